The van der Waals surface area contributed by atoms with Crippen LogP contribution in [0.15, 0.2) is 9.41 Å². The minimum absolute atomic E-state index is 0. The molecule has 2 aliphatic rings. The van der Waals surface area contributed by atoms with Crippen molar-refractivity contribution < 1.29 is 4.42 Å². The van der Waals surface area contributed by atoms with Crippen LogP contribution in [-0.4, -0.2) is 59.6 Å². The van der Waals surface area contributed by atoms with Gasteiger partial charge in [0.2, 0.25) is 5.89 Å². The summed E-state index contributed by atoms with van der Waals surface area (Å²) in [4.78, 5) is 11.5. The Hall–Kier alpha value is -0.480. The topological polar surface area (TPSA) is 65.7 Å². The third kappa shape index (κ3) is 5.28. The number of halogens is 1. The SMILES string of the molecule is CN=C(NCc1nc(C)c(C)o1)NCC1(N2CCSCC2)CCCC1.I. The van der Waals surface area contributed by atoms with E-state index in [9.17, 15) is 0 Å². The highest BCUT2D eigenvalue weighted by molar-refractivity contribution is 14.0. The van der Waals surface area contributed by atoms with Crippen LogP contribution in [0, 0.1) is 13.8 Å². The normalized spacial score (nSPS) is 20.7. The molecule has 1 aromatic rings. The molecule has 1 aliphatic carbocycles. The highest BCUT2D eigenvalue weighted by atomic mass is 127. The van der Waals surface area contributed by atoms with E-state index in [1.165, 1.54) is 50.3 Å². The zero-order chi connectivity index (χ0) is 17.7. The fourth-order valence-corrected chi connectivity index (χ4v) is 4.82. The van der Waals surface area contributed by atoms with Gasteiger partial charge in [0.25, 0.3) is 0 Å². The van der Waals surface area contributed by atoms with E-state index in [0.717, 1.165) is 24.0 Å². The van der Waals surface area contributed by atoms with Gasteiger partial charge in [-0.1, -0.05) is 12.8 Å². The van der Waals surface area contributed by atoms with Gasteiger partial charge < -0.3 is 15.1 Å². The first-order valence-corrected chi connectivity index (χ1v) is 10.5. The maximum absolute atomic E-state index is 5.64. The number of aliphatic imine (C=N–C) groups is 1. The van der Waals surface area contributed by atoms with Crippen molar-refractivity contribution in [3.8, 4) is 0 Å². The summed E-state index contributed by atoms with van der Waals surface area (Å²) in [6.45, 7) is 7.86. The number of nitrogens with one attached hydrogen (secondary N) is 2. The Morgan fingerprint density at radius 1 is 1.23 bits per heavy atom. The molecule has 2 fully saturated rings. The molecule has 1 saturated heterocycles. The van der Waals surface area contributed by atoms with Crippen molar-refractivity contribution in [2.75, 3.05) is 38.2 Å². The molecule has 2 N–H and O–H groups in total. The van der Waals surface area contributed by atoms with Crippen LogP contribution in [0.25, 0.3) is 0 Å². The summed E-state index contributed by atoms with van der Waals surface area (Å²) in [5.74, 6) is 4.94. The largest absolute Gasteiger partial charge is 0.444 e. The predicted molar refractivity (Wildman–Crippen MR) is 120 cm³/mol. The Morgan fingerprint density at radius 3 is 2.50 bits per heavy atom. The molecule has 0 bridgehead atoms. The van der Waals surface area contributed by atoms with Gasteiger partial charge in [0, 0.05) is 43.7 Å². The summed E-state index contributed by atoms with van der Waals surface area (Å²) in [5, 5.41) is 6.89. The maximum Gasteiger partial charge on any atom is 0.214 e. The third-order valence-corrected chi connectivity index (χ3v) is 6.45. The van der Waals surface area contributed by atoms with Gasteiger partial charge in [0.1, 0.15) is 5.76 Å². The van der Waals surface area contributed by atoms with Crippen LogP contribution >= 0.6 is 35.7 Å². The second-order valence-corrected chi connectivity index (χ2v) is 8.28. The molecule has 1 aromatic heterocycles. The van der Waals surface area contributed by atoms with Crippen LogP contribution < -0.4 is 10.6 Å². The Morgan fingerprint density at radius 2 is 1.92 bits per heavy atom. The molecule has 148 valence electrons. The lowest BCUT2D eigenvalue weighted by Crippen LogP contribution is -2.57. The smallest absolute Gasteiger partial charge is 0.214 e. The van der Waals surface area contributed by atoms with Crippen LogP contribution in [0.2, 0.25) is 0 Å². The lowest BCUT2D eigenvalue weighted by Gasteiger charge is -2.43. The van der Waals surface area contributed by atoms with Crippen molar-refractivity contribution in [1.82, 2.24) is 20.5 Å². The van der Waals surface area contributed by atoms with E-state index in [1.54, 1.807) is 0 Å². The predicted octanol–water partition coefficient (Wildman–Crippen LogP) is 2.94. The van der Waals surface area contributed by atoms with Gasteiger partial charge in [-0.25, -0.2) is 4.98 Å². The van der Waals surface area contributed by atoms with E-state index in [2.05, 4.69) is 37.3 Å². The van der Waals surface area contributed by atoms with Crippen LogP contribution in [0.1, 0.15) is 43.0 Å². The Labute approximate surface area is 178 Å². The van der Waals surface area contributed by atoms with Crippen LogP contribution in [0.5, 0.6) is 0 Å². The first kappa shape index (κ1) is 21.8. The van der Waals surface area contributed by atoms with Crippen molar-refractivity contribution in [3.05, 3.63) is 17.3 Å². The first-order chi connectivity index (χ1) is 12.1. The van der Waals surface area contributed by atoms with E-state index in [-0.39, 0.29) is 24.0 Å². The molecule has 0 unspecified atom stereocenters. The number of oxazole rings is 1. The van der Waals surface area contributed by atoms with Crippen LogP contribution in [-0.2, 0) is 6.54 Å². The van der Waals surface area contributed by atoms with E-state index in [4.69, 9.17) is 4.42 Å². The fourth-order valence-electron chi connectivity index (χ4n) is 3.92. The molecule has 0 radical (unpaired) electrons. The quantitative estimate of drug-likeness (QED) is 0.374. The summed E-state index contributed by atoms with van der Waals surface area (Å²) in [7, 11) is 1.82. The molecule has 0 aromatic carbocycles. The summed E-state index contributed by atoms with van der Waals surface area (Å²) < 4.78 is 5.64. The number of guanidine groups is 1. The molecule has 3 rings (SSSR count). The van der Waals surface area contributed by atoms with Crippen LogP contribution in [0.3, 0.4) is 0 Å². The summed E-state index contributed by atoms with van der Waals surface area (Å²) in [6.07, 6.45) is 5.26. The zero-order valence-electron chi connectivity index (χ0n) is 16.1. The molecule has 26 heavy (non-hydrogen) atoms. The Bertz CT molecular complexity index is 575. The van der Waals surface area contributed by atoms with Crippen molar-refractivity contribution in [2.45, 2.75) is 51.6 Å². The van der Waals surface area contributed by atoms with E-state index < -0.39 is 0 Å². The van der Waals surface area contributed by atoms with Gasteiger partial charge in [-0.3, -0.25) is 9.89 Å². The zero-order valence-corrected chi connectivity index (χ0v) is 19.3. The van der Waals surface area contributed by atoms with Crippen molar-refractivity contribution in [1.29, 1.82) is 0 Å². The molecule has 8 heteroatoms. The number of aryl methyl sites for hydroxylation is 2. The molecule has 1 aliphatic heterocycles. The molecule has 1 saturated carbocycles. The maximum atomic E-state index is 5.64. The van der Waals surface area contributed by atoms with Gasteiger partial charge in [0.05, 0.1) is 12.2 Å². The van der Waals surface area contributed by atoms with E-state index >= 15 is 0 Å². The van der Waals surface area contributed by atoms with Gasteiger partial charge >= 0.3 is 0 Å². The van der Waals surface area contributed by atoms with Crippen molar-refractivity contribution in [2.24, 2.45) is 4.99 Å². The minimum Gasteiger partial charge on any atom is -0.444 e. The fraction of sp³-hybridized carbons (Fsp3) is 0.778. The summed E-state index contributed by atoms with van der Waals surface area (Å²) in [6, 6.07) is 0. The van der Waals surface area contributed by atoms with Gasteiger partial charge in [-0.15, -0.1) is 24.0 Å². The number of thioether (sulfide) groups is 1. The Kier molecular flexibility index (Phi) is 8.53. The van der Waals surface area contributed by atoms with Crippen molar-refractivity contribution in [3.63, 3.8) is 0 Å². The highest BCUT2D eigenvalue weighted by Crippen LogP contribution is 2.36. The third-order valence-electron chi connectivity index (χ3n) is 5.50. The van der Waals surface area contributed by atoms with E-state index in [1.807, 2.05) is 20.9 Å². The molecular weight excluding hydrogens is 461 g/mol. The number of hydrogen-bond donors (Lipinski definition) is 2. The van der Waals surface area contributed by atoms with Gasteiger partial charge in [-0.05, 0) is 26.7 Å². The average molecular weight is 493 g/mol. The van der Waals surface area contributed by atoms with Gasteiger partial charge in [0.15, 0.2) is 5.96 Å². The molecule has 6 nitrogen and oxygen atoms in total. The molecule has 0 amide bonds. The second-order valence-electron chi connectivity index (χ2n) is 7.06. The second kappa shape index (κ2) is 10.2. The number of hydrogen-bond acceptors (Lipinski definition) is 5. The minimum atomic E-state index is 0. The summed E-state index contributed by atoms with van der Waals surface area (Å²) >= 11 is 2.08. The first-order valence-electron chi connectivity index (χ1n) is 9.33. The molecule has 0 spiro atoms. The lowest BCUT2D eigenvalue weighted by molar-refractivity contribution is 0.107. The lowest BCUT2D eigenvalue weighted by atomic mass is 9.94. The van der Waals surface area contributed by atoms with Gasteiger partial charge in [-0.2, -0.15) is 11.8 Å². The monoisotopic (exact) mass is 493 g/mol. The standard InChI is InChI=1S/C18H31N5OS.HI/c1-14-15(2)24-16(22-14)12-20-17(19-3)21-13-18(6-4-5-7-18)23-8-10-25-11-9-23;/h4-13H2,1-3H3,(H2,19,20,21);1H. The number of aromatic nitrogens is 1. The van der Waals surface area contributed by atoms with Crippen molar-refractivity contribution >= 4 is 41.7 Å². The molecule has 2 heterocycles. The number of nitrogens with zero attached hydrogens (tertiary/aromatic N) is 3. The number of rotatable bonds is 5. The van der Waals surface area contributed by atoms with E-state index in [0.29, 0.717) is 18.0 Å². The summed E-state index contributed by atoms with van der Waals surface area (Å²) in [5.41, 5.74) is 1.25. The molecular formula is C18H32IN5OS. The van der Waals surface area contributed by atoms with Crippen LogP contribution in [0.4, 0.5) is 0 Å². The Balaban J connectivity index is 0.00000243. The highest BCUT2D eigenvalue weighted by Gasteiger charge is 2.39. The average Bonchev–Trinajstić information content (AvgIpc) is 3.24. The molecule has 0 atom stereocenters.